The minimum Gasteiger partial charge on any atom is -0.339 e. The van der Waals surface area contributed by atoms with E-state index in [1.54, 1.807) is 23.4 Å². The third-order valence-corrected chi connectivity index (χ3v) is 4.33. The zero-order valence-electron chi connectivity index (χ0n) is 12.8. The molecule has 3 rings (SSSR count). The van der Waals surface area contributed by atoms with Crippen LogP contribution in [-0.2, 0) is 6.54 Å². The number of halogens is 1. The maximum absolute atomic E-state index is 12.7. The molecule has 0 aliphatic carbocycles. The average Bonchev–Trinajstić information content (AvgIpc) is 3.17. The highest BCUT2D eigenvalue weighted by Crippen LogP contribution is 2.29. The lowest BCUT2D eigenvalue weighted by Crippen LogP contribution is -2.29. The molecule has 0 saturated carbocycles. The van der Waals surface area contributed by atoms with E-state index in [4.69, 9.17) is 16.1 Å². The average molecular weight is 324 g/mol. The van der Waals surface area contributed by atoms with Gasteiger partial charge in [-0.05, 0) is 27.2 Å². The number of nitrogens with zero attached hydrogens (tertiary/aromatic N) is 5. The normalized spacial score (nSPS) is 18.2. The number of likely N-dealkylation sites (tertiary alicyclic amines) is 1. The molecule has 1 aliphatic heterocycles. The minimum absolute atomic E-state index is 0.0825. The maximum atomic E-state index is 12.7. The first-order chi connectivity index (χ1) is 10.5. The molecule has 0 spiro atoms. The Balaban J connectivity index is 1.78. The van der Waals surface area contributed by atoms with Crippen LogP contribution in [-0.4, -0.2) is 43.8 Å². The van der Waals surface area contributed by atoms with E-state index in [1.165, 1.54) is 0 Å². The standard InChI is InChI=1S/C14H18ClN5O2/c1-4-20-12(15)11(8(2)17-20)14(21)19-6-5-10(7-19)13-16-9(3)18-22-13/h10H,4-7H2,1-3H3/t10-/m0/s1. The van der Waals surface area contributed by atoms with Gasteiger partial charge in [0.1, 0.15) is 5.15 Å². The van der Waals surface area contributed by atoms with Gasteiger partial charge in [0.15, 0.2) is 5.82 Å². The van der Waals surface area contributed by atoms with Crippen LogP contribution in [0.15, 0.2) is 4.52 Å². The monoisotopic (exact) mass is 323 g/mol. The van der Waals surface area contributed by atoms with Crippen molar-refractivity contribution < 1.29 is 9.32 Å². The van der Waals surface area contributed by atoms with E-state index in [-0.39, 0.29) is 11.8 Å². The Morgan fingerprint density at radius 2 is 2.23 bits per heavy atom. The molecule has 0 radical (unpaired) electrons. The molecule has 1 amide bonds. The van der Waals surface area contributed by atoms with E-state index < -0.39 is 0 Å². The zero-order valence-corrected chi connectivity index (χ0v) is 13.6. The van der Waals surface area contributed by atoms with Crippen LogP contribution in [0.25, 0.3) is 0 Å². The Morgan fingerprint density at radius 1 is 1.45 bits per heavy atom. The fourth-order valence-corrected chi connectivity index (χ4v) is 3.16. The molecule has 118 valence electrons. The topological polar surface area (TPSA) is 77.1 Å². The predicted octanol–water partition coefficient (Wildman–Crippen LogP) is 2.19. The second-order valence-electron chi connectivity index (χ2n) is 5.48. The van der Waals surface area contributed by atoms with Crippen LogP contribution < -0.4 is 0 Å². The summed E-state index contributed by atoms with van der Waals surface area (Å²) in [6.45, 7) is 7.38. The lowest BCUT2D eigenvalue weighted by atomic mass is 10.1. The van der Waals surface area contributed by atoms with Crippen molar-refractivity contribution in [2.24, 2.45) is 0 Å². The van der Waals surface area contributed by atoms with E-state index in [9.17, 15) is 4.79 Å². The zero-order chi connectivity index (χ0) is 15.9. The van der Waals surface area contributed by atoms with Crippen molar-refractivity contribution >= 4 is 17.5 Å². The van der Waals surface area contributed by atoms with Crippen LogP contribution >= 0.6 is 11.6 Å². The van der Waals surface area contributed by atoms with Gasteiger partial charge in [0.05, 0.1) is 17.2 Å². The SMILES string of the molecule is CCn1nc(C)c(C(=O)N2CC[C@H](c3nc(C)no3)C2)c1Cl. The van der Waals surface area contributed by atoms with Crippen molar-refractivity contribution in [3.05, 3.63) is 28.1 Å². The highest BCUT2D eigenvalue weighted by Gasteiger charge is 2.33. The Kier molecular flexibility index (Phi) is 3.90. The summed E-state index contributed by atoms with van der Waals surface area (Å²) < 4.78 is 6.85. The van der Waals surface area contributed by atoms with Crippen molar-refractivity contribution in [1.29, 1.82) is 0 Å². The fourth-order valence-electron chi connectivity index (χ4n) is 2.79. The molecule has 2 aromatic heterocycles. The molecule has 1 aliphatic rings. The predicted molar refractivity (Wildman–Crippen MR) is 79.9 cm³/mol. The van der Waals surface area contributed by atoms with Gasteiger partial charge in [0.25, 0.3) is 5.91 Å². The second kappa shape index (κ2) is 5.72. The van der Waals surface area contributed by atoms with E-state index in [0.29, 0.717) is 47.8 Å². The lowest BCUT2D eigenvalue weighted by molar-refractivity contribution is 0.0789. The fraction of sp³-hybridized carbons (Fsp3) is 0.571. The van der Waals surface area contributed by atoms with Crippen molar-refractivity contribution in [2.75, 3.05) is 13.1 Å². The smallest absolute Gasteiger partial charge is 0.258 e. The van der Waals surface area contributed by atoms with Gasteiger partial charge in [-0.15, -0.1) is 0 Å². The quantitative estimate of drug-likeness (QED) is 0.865. The van der Waals surface area contributed by atoms with Gasteiger partial charge >= 0.3 is 0 Å². The Bertz CT molecular complexity index is 708. The van der Waals surface area contributed by atoms with Crippen molar-refractivity contribution in [1.82, 2.24) is 24.8 Å². The number of carbonyl (C=O) groups excluding carboxylic acids is 1. The highest BCUT2D eigenvalue weighted by atomic mass is 35.5. The number of rotatable bonds is 3. The second-order valence-corrected chi connectivity index (χ2v) is 5.84. The van der Waals surface area contributed by atoms with Crippen LogP contribution in [0.5, 0.6) is 0 Å². The van der Waals surface area contributed by atoms with Crippen molar-refractivity contribution in [3.63, 3.8) is 0 Å². The molecule has 1 saturated heterocycles. The summed E-state index contributed by atoms with van der Waals surface area (Å²) in [5.41, 5.74) is 1.15. The van der Waals surface area contributed by atoms with Gasteiger partial charge in [-0.3, -0.25) is 9.48 Å². The minimum atomic E-state index is -0.0825. The molecule has 1 atom stereocenters. The summed E-state index contributed by atoms with van der Waals surface area (Å²) in [5, 5.41) is 8.51. The third-order valence-electron chi connectivity index (χ3n) is 3.95. The molecule has 0 N–H and O–H groups in total. The van der Waals surface area contributed by atoms with Crippen LogP contribution in [0.2, 0.25) is 5.15 Å². The number of amides is 1. The summed E-state index contributed by atoms with van der Waals surface area (Å²) in [4.78, 5) is 18.8. The van der Waals surface area contributed by atoms with Crippen LogP contribution in [0.1, 0.15) is 47.0 Å². The van der Waals surface area contributed by atoms with E-state index >= 15 is 0 Å². The van der Waals surface area contributed by atoms with E-state index in [0.717, 1.165) is 6.42 Å². The number of carbonyl (C=O) groups is 1. The van der Waals surface area contributed by atoms with Gasteiger partial charge in [0.2, 0.25) is 5.89 Å². The molecule has 2 aromatic rings. The third kappa shape index (κ3) is 2.49. The Morgan fingerprint density at radius 3 is 2.82 bits per heavy atom. The first kappa shape index (κ1) is 15.0. The molecule has 3 heterocycles. The lowest BCUT2D eigenvalue weighted by Gasteiger charge is -2.15. The van der Waals surface area contributed by atoms with Gasteiger partial charge in [0, 0.05) is 19.6 Å². The number of aromatic nitrogens is 4. The largest absolute Gasteiger partial charge is 0.339 e. The Hall–Kier alpha value is -1.89. The highest BCUT2D eigenvalue weighted by molar-refractivity contribution is 6.33. The molecular weight excluding hydrogens is 306 g/mol. The molecule has 22 heavy (non-hydrogen) atoms. The first-order valence-electron chi connectivity index (χ1n) is 7.33. The molecule has 0 unspecified atom stereocenters. The summed E-state index contributed by atoms with van der Waals surface area (Å²) in [5.74, 6) is 1.22. The molecule has 1 fully saturated rings. The summed E-state index contributed by atoms with van der Waals surface area (Å²) in [6.07, 6.45) is 0.811. The van der Waals surface area contributed by atoms with Crippen LogP contribution in [0, 0.1) is 13.8 Å². The van der Waals surface area contributed by atoms with Crippen molar-refractivity contribution in [3.8, 4) is 0 Å². The molecule has 0 bridgehead atoms. The van der Waals surface area contributed by atoms with Gasteiger partial charge in [-0.25, -0.2) is 0 Å². The first-order valence-corrected chi connectivity index (χ1v) is 7.71. The van der Waals surface area contributed by atoms with Crippen LogP contribution in [0.3, 0.4) is 0 Å². The molecule has 0 aromatic carbocycles. The van der Waals surface area contributed by atoms with Crippen molar-refractivity contribution in [2.45, 2.75) is 39.7 Å². The molecule has 7 nitrogen and oxygen atoms in total. The summed E-state index contributed by atoms with van der Waals surface area (Å²) in [6, 6.07) is 0. The maximum Gasteiger partial charge on any atom is 0.258 e. The summed E-state index contributed by atoms with van der Waals surface area (Å²) in [7, 11) is 0. The van der Waals surface area contributed by atoms with Crippen LogP contribution in [0.4, 0.5) is 0 Å². The van der Waals surface area contributed by atoms with Gasteiger partial charge in [-0.2, -0.15) is 10.1 Å². The van der Waals surface area contributed by atoms with Gasteiger partial charge < -0.3 is 9.42 Å². The van der Waals surface area contributed by atoms with Gasteiger partial charge in [-0.1, -0.05) is 16.8 Å². The van der Waals surface area contributed by atoms with E-state index in [2.05, 4.69) is 15.2 Å². The number of hydrogen-bond acceptors (Lipinski definition) is 5. The summed E-state index contributed by atoms with van der Waals surface area (Å²) >= 11 is 6.27. The number of hydrogen-bond donors (Lipinski definition) is 0. The molecular formula is C14H18ClN5O2. The Labute approximate surface area is 133 Å². The number of aryl methyl sites for hydroxylation is 3. The van der Waals surface area contributed by atoms with E-state index in [1.807, 2.05) is 6.92 Å². The molecule has 8 heteroatoms.